The Morgan fingerprint density at radius 3 is 2.63 bits per heavy atom. The normalized spacial score (nSPS) is 14.5. The van der Waals surface area contributed by atoms with Gasteiger partial charge in [0.1, 0.15) is 0 Å². The molecule has 1 heterocycles. The van der Waals surface area contributed by atoms with E-state index in [4.69, 9.17) is 0 Å². The second kappa shape index (κ2) is 5.26. The Morgan fingerprint density at radius 1 is 1.21 bits per heavy atom. The number of benzene rings is 1. The van der Waals surface area contributed by atoms with Crippen molar-refractivity contribution in [2.45, 2.75) is 52.5 Å². The quantitative estimate of drug-likeness (QED) is 0.857. The van der Waals surface area contributed by atoms with Crippen molar-refractivity contribution < 1.29 is 0 Å². The zero-order valence-electron chi connectivity index (χ0n) is 12.2. The van der Waals surface area contributed by atoms with Crippen LogP contribution in [0.25, 0.3) is 10.1 Å². The molecule has 1 N–H and O–H groups in total. The molecule has 0 amide bonds. The minimum absolute atomic E-state index is 0.613. The standard InChI is InChI=1S/C17H23NS/c1-4-18-10-16-17(11(2)3)14-8-12-6-5-7-13(12)9-15(14)19-16/h8-9,11,18H,4-7,10H2,1-3H3. The van der Waals surface area contributed by atoms with E-state index in [-0.39, 0.29) is 0 Å². The first-order valence-corrected chi connectivity index (χ1v) is 8.30. The number of nitrogens with one attached hydrogen (secondary N) is 1. The van der Waals surface area contributed by atoms with Crippen molar-refractivity contribution in [3.8, 4) is 0 Å². The van der Waals surface area contributed by atoms with Gasteiger partial charge in [0.25, 0.3) is 0 Å². The Bertz CT molecular complexity index is 595. The lowest BCUT2D eigenvalue weighted by Gasteiger charge is -2.09. The molecular weight excluding hydrogens is 250 g/mol. The molecule has 0 fully saturated rings. The maximum absolute atomic E-state index is 3.49. The molecule has 2 heteroatoms. The first-order valence-electron chi connectivity index (χ1n) is 7.48. The Morgan fingerprint density at radius 2 is 1.95 bits per heavy atom. The second-order valence-electron chi connectivity index (χ2n) is 5.84. The van der Waals surface area contributed by atoms with Crippen molar-refractivity contribution in [2.24, 2.45) is 0 Å². The van der Waals surface area contributed by atoms with Crippen LogP contribution >= 0.6 is 11.3 Å². The zero-order valence-corrected chi connectivity index (χ0v) is 13.0. The summed E-state index contributed by atoms with van der Waals surface area (Å²) >= 11 is 2.00. The highest BCUT2D eigenvalue weighted by molar-refractivity contribution is 7.19. The lowest BCUT2D eigenvalue weighted by molar-refractivity contribution is 0.723. The number of hydrogen-bond donors (Lipinski definition) is 1. The Balaban J connectivity index is 2.13. The van der Waals surface area contributed by atoms with E-state index in [0.717, 1.165) is 13.1 Å². The van der Waals surface area contributed by atoms with Gasteiger partial charge in [0, 0.05) is 16.1 Å². The monoisotopic (exact) mass is 273 g/mol. The number of hydrogen-bond acceptors (Lipinski definition) is 2. The number of aryl methyl sites for hydroxylation is 2. The van der Waals surface area contributed by atoms with Crippen LogP contribution in [0.5, 0.6) is 0 Å². The molecule has 1 aromatic heterocycles. The van der Waals surface area contributed by atoms with Crippen molar-refractivity contribution in [1.82, 2.24) is 5.32 Å². The smallest absolute Gasteiger partial charge is 0.0352 e. The average Bonchev–Trinajstić information content (AvgIpc) is 2.95. The predicted molar refractivity (Wildman–Crippen MR) is 85.3 cm³/mol. The van der Waals surface area contributed by atoms with Crippen LogP contribution in [-0.4, -0.2) is 6.54 Å². The summed E-state index contributed by atoms with van der Waals surface area (Å²) in [5.41, 5.74) is 4.77. The summed E-state index contributed by atoms with van der Waals surface area (Å²) < 4.78 is 1.50. The van der Waals surface area contributed by atoms with Crippen LogP contribution in [0.1, 0.15) is 54.7 Å². The van der Waals surface area contributed by atoms with Gasteiger partial charge in [0.2, 0.25) is 0 Å². The summed E-state index contributed by atoms with van der Waals surface area (Å²) in [5.74, 6) is 0.613. The molecule has 19 heavy (non-hydrogen) atoms. The first kappa shape index (κ1) is 13.1. The Kier molecular flexibility index (Phi) is 3.64. The van der Waals surface area contributed by atoms with Gasteiger partial charge >= 0.3 is 0 Å². The van der Waals surface area contributed by atoms with Crippen LogP contribution in [0.4, 0.5) is 0 Å². The van der Waals surface area contributed by atoms with E-state index in [9.17, 15) is 0 Å². The molecule has 3 rings (SSSR count). The van der Waals surface area contributed by atoms with Crippen LogP contribution in [0.2, 0.25) is 0 Å². The molecule has 0 saturated heterocycles. The molecule has 0 bridgehead atoms. The molecule has 0 atom stereocenters. The van der Waals surface area contributed by atoms with Gasteiger partial charge in [-0.3, -0.25) is 0 Å². The summed E-state index contributed by atoms with van der Waals surface area (Å²) in [6.45, 7) is 8.89. The zero-order chi connectivity index (χ0) is 13.4. The highest BCUT2D eigenvalue weighted by atomic mass is 32.1. The van der Waals surface area contributed by atoms with Crippen LogP contribution in [0.15, 0.2) is 12.1 Å². The molecule has 1 aliphatic rings. The molecule has 0 saturated carbocycles. The maximum atomic E-state index is 3.49. The lowest BCUT2D eigenvalue weighted by Crippen LogP contribution is -2.12. The molecule has 0 aliphatic heterocycles. The van der Waals surface area contributed by atoms with E-state index in [1.165, 1.54) is 34.2 Å². The molecule has 102 valence electrons. The average molecular weight is 273 g/mol. The van der Waals surface area contributed by atoms with Gasteiger partial charge in [-0.25, -0.2) is 0 Å². The summed E-state index contributed by atoms with van der Waals surface area (Å²) in [4.78, 5) is 1.54. The number of rotatable bonds is 4. The summed E-state index contributed by atoms with van der Waals surface area (Å²) in [6, 6.07) is 4.95. The van der Waals surface area contributed by atoms with Crippen LogP contribution in [-0.2, 0) is 19.4 Å². The fraction of sp³-hybridized carbons (Fsp3) is 0.529. The van der Waals surface area contributed by atoms with E-state index < -0.39 is 0 Å². The van der Waals surface area contributed by atoms with Crippen molar-refractivity contribution in [3.05, 3.63) is 33.7 Å². The van der Waals surface area contributed by atoms with E-state index in [2.05, 4.69) is 38.2 Å². The third-order valence-electron chi connectivity index (χ3n) is 4.13. The Labute approximate surface area is 120 Å². The molecule has 2 aromatic rings. The topological polar surface area (TPSA) is 12.0 Å². The van der Waals surface area contributed by atoms with E-state index in [1.807, 2.05) is 11.3 Å². The fourth-order valence-electron chi connectivity index (χ4n) is 3.24. The van der Waals surface area contributed by atoms with Gasteiger partial charge in [-0.2, -0.15) is 0 Å². The van der Waals surface area contributed by atoms with Crippen molar-refractivity contribution in [3.63, 3.8) is 0 Å². The minimum Gasteiger partial charge on any atom is -0.312 e. The van der Waals surface area contributed by atoms with Crippen LogP contribution in [0.3, 0.4) is 0 Å². The Hall–Kier alpha value is -0.860. The fourth-order valence-corrected chi connectivity index (χ4v) is 4.61. The lowest BCUT2D eigenvalue weighted by atomic mass is 9.97. The van der Waals surface area contributed by atoms with Gasteiger partial charge in [-0.1, -0.05) is 20.8 Å². The van der Waals surface area contributed by atoms with Crippen molar-refractivity contribution in [2.75, 3.05) is 6.54 Å². The molecule has 0 radical (unpaired) electrons. The maximum Gasteiger partial charge on any atom is 0.0352 e. The van der Waals surface area contributed by atoms with E-state index in [0.29, 0.717) is 5.92 Å². The van der Waals surface area contributed by atoms with Crippen molar-refractivity contribution >= 4 is 21.4 Å². The summed E-state index contributed by atoms with van der Waals surface area (Å²) in [7, 11) is 0. The molecular formula is C17H23NS. The highest BCUT2D eigenvalue weighted by Gasteiger charge is 2.18. The molecule has 1 nitrogen and oxygen atoms in total. The van der Waals surface area contributed by atoms with Gasteiger partial charge in [0.05, 0.1) is 0 Å². The first-order chi connectivity index (χ1) is 9.20. The third kappa shape index (κ3) is 2.32. The molecule has 0 spiro atoms. The van der Waals surface area contributed by atoms with E-state index in [1.54, 1.807) is 16.7 Å². The molecule has 1 aromatic carbocycles. The largest absolute Gasteiger partial charge is 0.312 e. The van der Waals surface area contributed by atoms with Crippen LogP contribution in [0, 0.1) is 0 Å². The summed E-state index contributed by atoms with van der Waals surface area (Å²) in [6.07, 6.45) is 3.90. The predicted octanol–water partition coefficient (Wildman–Crippen LogP) is 4.62. The van der Waals surface area contributed by atoms with Gasteiger partial charge in [0.15, 0.2) is 0 Å². The summed E-state index contributed by atoms with van der Waals surface area (Å²) in [5, 5.41) is 5.01. The number of thiophene rings is 1. The van der Waals surface area contributed by atoms with E-state index >= 15 is 0 Å². The van der Waals surface area contributed by atoms with Gasteiger partial charge < -0.3 is 5.32 Å². The molecule has 1 aliphatic carbocycles. The highest BCUT2D eigenvalue weighted by Crippen LogP contribution is 2.39. The SMILES string of the molecule is CCNCc1sc2cc3c(cc2c1C(C)C)CCC3. The van der Waals surface area contributed by atoms with Gasteiger partial charge in [-0.05, 0) is 65.9 Å². The number of fused-ring (bicyclic) bond motifs is 2. The minimum atomic E-state index is 0.613. The second-order valence-corrected chi connectivity index (χ2v) is 6.98. The van der Waals surface area contributed by atoms with Crippen molar-refractivity contribution in [1.29, 1.82) is 0 Å². The molecule has 0 unspecified atom stereocenters. The third-order valence-corrected chi connectivity index (χ3v) is 5.30. The van der Waals surface area contributed by atoms with Gasteiger partial charge in [-0.15, -0.1) is 11.3 Å². The van der Waals surface area contributed by atoms with Crippen LogP contribution < -0.4 is 5.32 Å².